The number of nitro groups is 1. The number of nitrogens with zero attached hydrogens (tertiary/aromatic N) is 4. The van der Waals surface area contributed by atoms with Crippen LogP contribution in [0, 0.1) is 10.1 Å². The van der Waals surface area contributed by atoms with Crippen LogP contribution in [0.4, 0.5) is 5.69 Å². The smallest absolute Gasteiger partial charge is 0.258 e. The van der Waals surface area contributed by atoms with Crippen LogP contribution < -0.4 is 0 Å². The highest BCUT2D eigenvalue weighted by Crippen LogP contribution is 2.10. The van der Waals surface area contributed by atoms with Crippen LogP contribution in [0.25, 0.3) is 5.65 Å². The summed E-state index contributed by atoms with van der Waals surface area (Å²) in [6.45, 7) is 0. The highest BCUT2D eigenvalue weighted by atomic mass is 16.6. The molecular formula is C6H4N4O2. The fourth-order valence-corrected chi connectivity index (χ4v) is 0.914. The van der Waals surface area contributed by atoms with Gasteiger partial charge in [-0.1, -0.05) is 0 Å². The summed E-state index contributed by atoms with van der Waals surface area (Å²) in [4.78, 5) is 13.7. The molecule has 0 saturated heterocycles. The molecule has 0 radical (unpaired) electrons. The summed E-state index contributed by atoms with van der Waals surface area (Å²) >= 11 is 0. The lowest BCUT2D eigenvalue weighted by atomic mass is 10.4. The molecule has 0 spiro atoms. The predicted octanol–water partition coefficient (Wildman–Crippen LogP) is 0.637. The Morgan fingerprint density at radius 3 is 3.08 bits per heavy atom. The van der Waals surface area contributed by atoms with Gasteiger partial charge in [0.2, 0.25) is 0 Å². The Hall–Kier alpha value is -1.98. The maximum Gasteiger partial charge on any atom is 0.287 e. The van der Waals surface area contributed by atoms with Gasteiger partial charge in [-0.2, -0.15) is 5.10 Å². The first-order chi connectivity index (χ1) is 5.77. The molecular weight excluding hydrogens is 160 g/mol. The molecule has 0 aliphatic heterocycles. The first-order valence-electron chi connectivity index (χ1n) is 3.21. The van der Waals surface area contributed by atoms with E-state index in [4.69, 9.17) is 0 Å². The number of pyridine rings is 1. The Kier molecular flexibility index (Phi) is 1.26. The minimum atomic E-state index is -0.471. The lowest BCUT2D eigenvalue weighted by molar-refractivity contribution is -0.385. The van der Waals surface area contributed by atoms with Crippen molar-refractivity contribution < 1.29 is 4.92 Å². The van der Waals surface area contributed by atoms with Gasteiger partial charge in [-0.3, -0.25) is 10.1 Å². The monoisotopic (exact) mass is 164 g/mol. The molecule has 2 aromatic rings. The van der Waals surface area contributed by atoms with Crippen LogP contribution in [0.15, 0.2) is 24.7 Å². The van der Waals surface area contributed by atoms with Crippen LogP contribution in [0.2, 0.25) is 0 Å². The number of hydrogen-bond acceptors (Lipinski definition) is 4. The van der Waals surface area contributed by atoms with E-state index in [9.17, 15) is 10.1 Å². The van der Waals surface area contributed by atoms with E-state index in [2.05, 4.69) is 10.1 Å². The molecule has 0 aliphatic rings. The summed E-state index contributed by atoms with van der Waals surface area (Å²) < 4.78 is 1.36. The van der Waals surface area contributed by atoms with Crippen LogP contribution in [-0.4, -0.2) is 19.5 Å². The largest absolute Gasteiger partial charge is 0.287 e. The standard InChI is InChI=1S/C6H4N4O2/c11-10(12)5-1-2-6-7-4-8-9(6)3-5/h1-4H. The van der Waals surface area contributed by atoms with E-state index in [1.54, 1.807) is 6.07 Å². The minimum Gasteiger partial charge on any atom is -0.258 e. The fourth-order valence-electron chi connectivity index (χ4n) is 0.914. The first kappa shape index (κ1) is 6.71. The SMILES string of the molecule is O=[N+]([O-])c1ccc2ncnn2c1. The molecule has 0 saturated carbocycles. The van der Waals surface area contributed by atoms with E-state index in [0.717, 1.165) is 0 Å². The molecule has 2 aromatic heterocycles. The maximum absolute atomic E-state index is 10.3. The number of aromatic nitrogens is 3. The minimum absolute atomic E-state index is 0.00741. The van der Waals surface area contributed by atoms with Gasteiger partial charge < -0.3 is 0 Å². The van der Waals surface area contributed by atoms with E-state index < -0.39 is 4.92 Å². The Morgan fingerprint density at radius 2 is 2.33 bits per heavy atom. The van der Waals surface area contributed by atoms with Crippen molar-refractivity contribution in [1.29, 1.82) is 0 Å². The lowest BCUT2D eigenvalue weighted by Crippen LogP contribution is -1.92. The van der Waals surface area contributed by atoms with E-state index in [-0.39, 0.29) is 5.69 Å². The Bertz CT molecular complexity index is 436. The summed E-state index contributed by atoms with van der Waals surface area (Å²) in [5, 5.41) is 14.1. The summed E-state index contributed by atoms with van der Waals surface area (Å²) in [5.74, 6) is 0. The molecule has 12 heavy (non-hydrogen) atoms. The van der Waals surface area contributed by atoms with Gasteiger partial charge in [0.25, 0.3) is 5.69 Å². The molecule has 0 fully saturated rings. The van der Waals surface area contributed by atoms with Gasteiger partial charge in [0, 0.05) is 6.07 Å². The van der Waals surface area contributed by atoms with E-state index in [1.807, 2.05) is 0 Å². The zero-order valence-electron chi connectivity index (χ0n) is 5.91. The lowest BCUT2D eigenvalue weighted by Gasteiger charge is -1.90. The number of fused-ring (bicyclic) bond motifs is 1. The molecule has 6 nitrogen and oxygen atoms in total. The molecule has 0 amide bonds. The van der Waals surface area contributed by atoms with E-state index >= 15 is 0 Å². The van der Waals surface area contributed by atoms with Crippen molar-refractivity contribution in [3.8, 4) is 0 Å². The van der Waals surface area contributed by atoms with Crippen LogP contribution in [-0.2, 0) is 0 Å². The average Bonchev–Trinajstić information content (AvgIpc) is 2.49. The third-order valence-electron chi connectivity index (χ3n) is 1.47. The van der Waals surface area contributed by atoms with Gasteiger partial charge in [-0.15, -0.1) is 0 Å². The summed E-state index contributed by atoms with van der Waals surface area (Å²) in [6.07, 6.45) is 2.67. The zero-order chi connectivity index (χ0) is 8.55. The normalized spacial score (nSPS) is 10.3. The molecule has 2 heterocycles. The third-order valence-corrected chi connectivity index (χ3v) is 1.47. The van der Waals surface area contributed by atoms with E-state index in [1.165, 1.54) is 23.1 Å². The number of rotatable bonds is 1. The van der Waals surface area contributed by atoms with Crippen molar-refractivity contribution in [3.63, 3.8) is 0 Å². The molecule has 0 aliphatic carbocycles. The third kappa shape index (κ3) is 0.895. The summed E-state index contributed by atoms with van der Waals surface area (Å²) in [7, 11) is 0. The summed E-state index contributed by atoms with van der Waals surface area (Å²) in [5.41, 5.74) is 0.605. The molecule has 0 atom stereocenters. The van der Waals surface area contributed by atoms with Crippen LogP contribution in [0.1, 0.15) is 0 Å². The molecule has 0 unspecified atom stereocenters. The number of hydrogen-bond donors (Lipinski definition) is 0. The van der Waals surface area contributed by atoms with Gasteiger partial charge >= 0.3 is 0 Å². The second-order valence-corrected chi connectivity index (χ2v) is 2.21. The first-order valence-corrected chi connectivity index (χ1v) is 3.21. The molecule has 0 bridgehead atoms. The Balaban J connectivity index is 2.68. The maximum atomic E-state index is 10.3. The van der Waals surface area contributed by atoms with Gasteiger partial charge in [-0.25, -0.2) is 9.50 Å². The van der Waals surface area contributed by atoms with Gasteiger partial charge in [0.15, 0.2) is 5.65 Å². The van der Waals surface area contributed by atoms with Crippen molar-refractivity contribution in [3.05, 3.63) is 34.8 Å². The van der Waals surface area contributed by atoms with Crippen molar-refractivity contribution in [2.24, 2.45) is 0 Å². The summed E-state index contributed by atoms with van der Waals surface area (Å²) in [6, 6.07) is 2.94. The van der Waals surface area contributed by atoms with Crippen LogP contribution in [0.3, 0.4) is 0 Å². The van der Waals surface area contributed by atoms with Crippen LogP contribution >= 0.6 is 0 Å². The molecule has 0 aromatic carbocycles. The quantitative estimate of drug-likeness (QED) is 0.457. The van der Waals surface area contributed by atoms with E-state index in [0.29, 0.717) is 5.65 Å². The highest BCUT2D eigenvalue weighted by Gasteiger charge is 2.05. The van der Waals surface area contributed by atoms with Gasteiger partial charge in [0.1, 0.15) is 12.5 Å². The molecule has 6 heteroatoms. The molecule has 60 valence electrons. The van der Waals surface area contributed by atoms with Crippen molar-refractivity contribution in [2.45, 2.75) is 0 Å². The van der Waals surface area contributed by atoms with Crippen molar-refractivity contribution >= 4 is 11.3 Å². The highest BCUT2D eigenvalue weighted by molar-refractivity contribution is 5.41. The van der Waals surface area contributed by atoms with Crippen molar-refractivity contribution in [2.75, 3.05) is 0 Å². The van der Waals surface area contributed by atoms with Gasteiger partial charge in [-0.05, 0) is 6.07 Å². The fraction of sp³-hybridized carbons (Fsp3) is 0. The topological polar surface area (TPSA) is 73.3 Å². The Labute approximate surface area is 66.6 Å². The molecule has 2 rings (SSSR count). The zero-order valence-corrected chi connectivity index (χ0v) is 5.91. The second-order valence-electron chi connectivity index (χ2n) is 2.21. The van der Waals surface area contributed by atoms with Crippen LogP contribution in [0.5, 0.6) is 0 Å². The second kappa shape index (κ2) is 2.26. The predicted molar refractivity (Wildman–Crippen MR) is 39.6 cm³/mol. The molecule has 0 N–H and O–H groups in total. The van der Waals surface area contributed by atoms with Gasteiger partial charge in [0.05, 0.1) is 4.92 Å². The average molecular weight is 164 g/mol. The Morgan fingerprint density at radius 1 is 1.50 bits per heavy atom. The van der Waals surface area contributed by atoms with Crippen molar-refractivity contribution in [1.82, 2.24) is 14.6 Å².